The van der Waals surface area contributed by atoms with Crippen LogP contribution in [0.1, 0.15) is 36.0 Å². The van der Waals surface area contributed by atoms with Gasteiger partial charge < -0.3 is 5.32 Å². The molecule has 134 valence electrons. The number of anilines is 2. The second-order valence-corrected chi connectivity index (χ2v) is 6.59. The van der Waals surface area contributed by atoms with Gasteiger partial charge in [-0.3, -0.25) is 14.6 Å². The molecule has 1 atom stereocenters. The van der Waals surface area contributed by atoms with Crippen LogP contribution in [0.4, 0.5) is 11.6 Å². The van der Waals surface area contributed by atoms with E-state index in [9.17, 15) is 0 Å². The quantitative estimate of drug-likeness (QED) is 0.756. The topological polar surface area (TPSA) is 84.7 Å². The summed E-state index contributed by atoms with van der Waals surface area (Å²) < 4.78 is 1.85. The Hall–Kier alpha value is -2.87. The molecule has 0 spiro atoms. The summed E-state index contributed by atoms with van der Waals surface area (Å²) in [6, 6.07) is 2.31. The van der Waals surface area contributed by atoms with Gasteiger partial charge in [0, 0.05) is 43.8 Å². The lowest BCUT2D eigenvalue weighted by Gasteiger charge is -2.24. The Balaban J connectivity index is 1.55. The summed E-state index contributed by atoms with van der Waals surface area (Å²) in [7, 11) is 1.95. The second-order valence-electron chi connectivity index (χ2n) is 6.59. The smallest absolute Gasteiger partial charge is 0.150 e. The maximum atomic E-state index is 4.70. The van der Waals surface area contributed by atoms with Crippen molar-refractivity contribution in [2.75, 3.05) is 11.9 Å². The first-order valence-electron chi connectivity index (χ1n) is 8.77. The van der Waals surface area contributed by atoms with Gasteiger partial charge in [0.2, 0.25) is 0 Å². The highest BCUT2D eigenvalue weighted by atomic mass is 15.3. The van der Waals surface area contributed by atoms with Gasteiger partial charge in [-0.1, -0.05) is 0 Å². The Morgan fingerprint density at radius 3 is 2.88 bits per heavy atom. The van der Waals surface area contributed by atoms with E-state index >= 15 is 0 Å². The lowest BCUT2D eigenvalue weighted by atomic mass is 10.1. The highest BCUT2D eigenvalue weighted by Crippen LogP contribution is 2.33. The lowest BCUT2D eigenvalue weighted by Crippen LogP contribution is -2.23. The molecular formula is C18H22N8. The molecule has 8 nitrogen and oxygen atoms in total. The summed E-state index contributed by atoms with van der Waals surface area (Å²) in [6.45, 7) is 3.87. The zero-order valence-corrected chi connectivity index (χ0v) is 15.0. The fourth-order valence-electron chi connectivity index (χ4n) is 3.46. The fraction of sp³-hybridized carbons (Fsp3) is 0.389. The summed E-state index contributed by atoms with van der Waals surface area (Å²) in [5.74, 6) is 2.18. The molecule has 0 aliphatic carbocycles. The number of hydrogen-bond donors (Lipinski definition) is 1. The SMILES string of the molecule is Cc1nc(Nc2cnccn2)cc([C@@H]2CCCN2Cc2cnn(C)c2)n1. The molecule has 1 aliphatic heterocycles. The van der Waals surface area contributed by atoms with Gasteiger partial charge in [-0.05, 0) is 26.3 Å². The number of rotatable bonds is 5. The van der Waals surface area contributed by atoms with Crippen LogP contribution in [0.2, 0.25) is 0 Å². The Morgan fingerprint density at radius 2 is 2.12 bits per heavy atom. The maximum absolute atomic E-state index is 4.70. The van der Waals surface area contributed by atoms with Crippen LogP contribution in [0.25, 0.3) is 0 Å². The van der Waals surface area contributed by atoms with Crippen LogP contribution in [-0.2, 0) is 13.6 Å². The van der Waals surface area contributed by atoms with E-state index < -0.39 is 0 Å². The first kappa shape index (κ1) is 16.6. The maximum Gasteiger partial charge on any atom is 0.150 e. The van der Waals surface area contributed by atoms with E-state index in [4.69, 9.17) is 4.98 Å². The van der Waals surface area contributed by atoms with Gasteiger partial charge in [0.05, 0.1) is 24.1 Å². The number of nitrogens with one attached hydrogen (secondary N) is 1. The molecule has 3 aromatic heterocycles. The molecule has 1 N–H and O–H groups in total. The molecule has 0 bridgehead atoms. The first-order chi connectivity index (χ1) is 12.7. The number of aryl methyl sites for hydroxylation is 2. The van der Waals surface area contributed by atoms with Crippen LogP contribution < -0.4 is 5.32 Å². The normalized spacial score (nSPS) is 17.5. The van der Waals surface area contributed by atoms with Crippen molar-refractivity contribution < 1.29 is 0 Å². The summed E-state index contributed by atoms with van der Waals surface area (Å²) in [6.07, 6.45) is 11.3. The molecular weight excluding hydrogens is 328 g/mol. The average Bonchev–Trinajstić information content (AvgIpc) is 3.24. The van der Waals surface area contributed by atoms with E-state index in [1.807, 2.05) is 30.9 Å². The van der Waals surface area contributed by atoms with Gasteiger partial charge in [0.25, 0.3) is 0 Å². The molecule has 26 heavy (non-hydrogen) atoms. The minimum atomic E-state index is 0.291. The molecule has 0 saturated carbocycles. The lowest BCUT2D eigenvalue weighted by molar-refractivity contribution is 0.244. The van der Waals surface area contributed by atoms with Crippen molar-refractivity contribution in [2.24, 2.45) is 7.05 Å². The van der Waals surface area contributed by atoms with Crippen LogP contribution >= 0.6 is 0 Å². The number of nitrogens with zero attached hydrogens (tertiary/aromatic N) is 7. The Bertz CT molecular complexity index is 876. The van der Waals surface area contributed by atoms with Gasteiger partial charge in [0.15, 0.2) is 0 Å². The van der Waals surface area contributed by atoms with E-state index in [2.05, 4.69) is 36.5 Å². The molecule has 0 amide bonds. The van der Waals surface area contributed by atoms with Crippen molar-refractivity contribution >= 4 is 11.6 Å². The highest BCUT2D eigenvalue weighted by molar-refractivity contribution is 5.50. The first-order valence-corrected chi connectivity index (χ1v) is 8.77. The van der Waals surface area contributed by atoms with E-state index in [0.717, 1.165) is 36.8 Å². The van der Waals surface area contributed by atoms with E-state index in [0.29, 0.717) is 11.9 Å². The minimum Gasteiger partial charge on any atom is -0.324 e. The second kappa shape index (κ2) is 7.17. The molecule has 8 heteroatoms. The van der Waals surface area contributed by atoms with Crippen LogP contribution in [0.5, 0.6) is 0 Å². The van der Waals surface area contributed by atoms with Gasteiger partial charge in [-0.15, -0.1) is 0 Å². The summed E-state index contributed by atoms with van der Waals surface area (Å²) >= 11 is 0. The summed E-state index contributed by atoms with van der Waals surface area (Å²) in [4.78, 5) is 20.0. The molecule has 4 heterocycles. The number of hydrogen-bond acceptors (Lipinski definition) is 7. The van der Waals surface area contributed by atoms with Gasteiger partial charge in [-0.2, -0.15) is 5.10 Å². The van der Waals surface area contributed by atoms with Crippen molar-refractivity contribution in [3.05, 3.63) is 54.1 Å². The minimum absolute atomic E-state index is 0.291. The summed E-state index contributed by atoms with van der Waals surface area (Å²) in [5.41, 5.74) is 2.27. The van der Waals surface area contributed by atoms with Crippen LogP contribution in [-0.4, -0.2) is 41.2 Å². The number of likely N-dealkylation sites (tertiary alicyclic amines) is 1. The van der Waals surface area contributed by atoms with Gasteiger partial charge in [-0.25, -0.2) is 15.0 Å². The highest BCUT2D eigenvalue weighted by Gasteiger charge is 2.28. The molecule has 0 unspecified atom stereocenters. The van der Waals surface area contributed by atoms with Crippen molar-refractivity contribution in [3.63, 3.8) is 0 Å². The Labute approximate surface area is 152 Å². The molecule has 3 aromatic rings. The Kier molecular flexibility index (Phi) is 4.57. The fourth-order valence-corrected chi connectivity index (χ4v) is 3.46. The van der Waals surface area contributed by atoms with Crippen molar-refractivity contribution in [3.8, 4) is 0 Å². The Morgan fingerprint density at radius 1 is 1.19 bits per heavy atom. The molecule has 1 fully saturated rings. The van der Waals surface area contributed by atoms with E-state index in [1.165, 1.54) is 12.0 Å². The predicted octanol–water partition coefficient (Wildman–Crippen LogP) is 2.39. The van der Waals surface area contributed by atoms with Gasteiger partial charge >= 0.3 is 0 Å². The molecule has 4 rings (SSSR count). The molecule has 0 aromatic carbocycles. The molecule has 1 saturated heterocycles. The van der Waals surface area contributed by atoms with Crippen LogP contribution in [0, 0.1) is 6.92 Å². The molecule has 0 radical (unpaired) electrons. The van der Waals surface area contributed by atoms with E-state index in [1.54, 1.807) is 18.6 Å². The van der Waals surface area contributed by atoms with Crippen molar-refractivity contribution in [1.82, 2.24) is 34.6 Å². The third-order valence-electron chi connectivity index (χ3n) is 4.53. The van der Waals surface area contributed by atoms with Crippen molar-refractivity contribution in [1.29, 1.82) is 0 Å². The van der Waals surface area contributed by atoms with Crippen molar-refractivity contribution in [2.45, 2.75) is 32.4 Å². The van der Waals surface area contributed by atoms with Gasteiger partial charge in [0.1, 0.15) is 17.5 Å². The predicted molar refractivity (Wildman–Crippen MR) is 97.7 cm³/mol. The summed E-state index contributed by atoms with van der Waals surface area (Å²) in [5, 5.41) is 7.49. The third kappa shape index (κ3) is 3.70. The zero-order chi connectivity index (χ0) is 17.9. The standard InChI is InChI=1S/C18H22N8/c1-13-22-15(8-17(23-13)24-18-10-19-5-6-20-18)16-4-3-7-26(16)12-14-9-21-25(2)11-14/h5-6,8-11,16H,3-4,7,12H2,1-2H3,(H,20,22,23,24)/t16-/m0/s1. The van der Waals surface area contributed by atoms with Crippen LogP contribution in [0.15, 0.2) is 37.1 Å². The zero-order valence-electron chi connectivity index (χ0n) is 15.0. The monoisotopic (exact) mass is 350 g/mol. The largest absolute Gasteiger partial charge is 0.324 e. The molecule has 1 aliphatic rings. The van der Waals surface area contributed by atoms with E-state index in [-0.39, 0.29) is 0 Å². The number of aromatic nitrogens is 6. The van der Waals surface area contributed by atoms with Crippen LogP contribution in [0.3, 0.4) is 0 Å². The average molecular weight is 350 g/mol. The third-order valence-corrected chi connectivity index (χ3v) is 4.53.